The molecule has 0 aromatic rings. The van der Waals surface area contributed by atoms with Gasteiger partial charge in [0.1, 0.15) is 0 Å². The molecule has 0 heterocycles. The van der Waals surface area contributed by atoms with Gasteiger partial charge in [-0.05, 0) is 38.1 Å². The van der Waals surface area contributed by atoms with Gasteiger partial charge in [-0.15, -0.1) is 0 Å². The van der Waals surface area contributed by atoms with E-state index >= 15 is 0 Å². The maximum atomic E-state index is 12.5. The molecule has 0 spiro atoms. The minimum Gasteiger partial charge on any atom is -0.314 e. The van der Waals surface area contributed by atoms with Gasteiger partial charge in [-0.25, -0.2) is 0 Å². The molecular weight excluding hydrogens is 215 g/mol. The molecule has 16 heavy (non-hydrogen) atoms. The van der Waals surface area contributed by atoms with Gasteiger partial charge >= 0.3 is 6.18 Å². The number of hydrogen-bond donors (Lipinski definition) is 1. The fourth-order valence-corrected chi connectivity index (χ4v) is 2.25. The van der Waals surface area contributed by atoms with Crippen molar-refractivity contribution in [1.82, 2.24) is 5.32 Å². The van der Waals surface area contributed by atoms with Crippen LogP contribution in [0.5, 0.6) is 0 Å². The fourth-order valence-electron chi connectivity index (χ4n) is 2.25. The summed E-state index contributed by atoms with van der Waals surface area (Å²) < 4.78 is 37.6. The van der Waals surface area contributed by atoms with E-state index in [1.54, 1.807) is 0 Å². The van der Waals surface area contributed by atoms with Crippen LogP contribution < -0.4 is 5.32 Å². The maximum absolute atomic E-state index is 12.5. The Balaban J connectivity index is 2.28. The number of nitrogens with one attached hydrogen (secondary N) is 1. The molecule has 2 unspecified atom stereocenters. The summed E-state index contributed by atoms with van der Waals surface area (Å²) in [5.74, 6) is -0.479. The highest BCUT2D eigenvalue weighted by Gasteiger charge is 2.41. The Kier molecular flexibility index (Phi) is 5.09. The molecule has 4 heteroatoms. The van der Waals surface area contributed by atoms with Crippen LogP contribution in [0.4, 0.5) is 13.2 Å². The minimum absolute atomic E-state index is 0.0686. The Bertz CT molecular complexity index is 201. The molecule has 0 aliphatic heterocycles. The van der Waals surface area contributed by atoms with E-state index in [0.29, 0.717) is 18.8 Å². The van der Waals surface area contributed by atoms with Crippen molar-refractivity contribution in [3.8, 4) is 0 Å². The Morgan fingerprint density at radius 3 is 2.50 bits per heavy atom. The van der Waals surface area contributed by atoms with E-state index in [2.05, 4.69) is 19.2 Å². The monoisotopic (exact) mass is 237 g/mol. The summed E-state index contributed by atoms with van der Waals surface area (Å²) >= 11 is 0. The molecule has 96 valence electrons. The van der Waals surface area contributed by atoms with Gasteiger partial charge in [0.25, 0.3) is 0 Å². The summed E-state index contributed by atoms with van der Waals surface area (Å²) in [7, 11) is 0. The van der Waals surface area contributed by atoms with Crippen LogP contribution in [0.3, 0.4) is 0 Å². The highest BCUT2D eigenvalue weighted by molar-refractivity contribution is 4.81. The van der Waals surface area contributed by atoms with E-state index in [1.807, 2.05) is 0 Å². The van der Waals surface area contributed by atoms with E-state index in [1.165, 1.54) is 0 Å². The van der Waals surface area contributed by atoms with Gasteiger partial charge in [-0.1, -0.05) is 20.3 Å². The molecule has 0 bridgehead atoms. The SMILES string of the molecule is CC(C)CCNC1CCCC(C(F)(F)F)C1. The molecule has 1 nitrogen and oxygen atoms in total. The molecule has 1 rings (SSSR count). The molecule has 0 saturated heterocycles. The second-order valence-corrected chi connectivity index (χ2v) is 5.24. The van der Waals surface area contributed by atoms with Crippen LogP contribution in [-0.4, -0.2) is 18.8 Å². The quantitative estimate of drug-likeness (QED) is 0.785. The van der Waals surface area contributed by atoms with Crippen molar-refractivity contribution in [2.45, 2.75) is 58.2 Å². The lowest BCUT2D eigenvalue weighted by Gasteiger charge is -2.31. The van der Waals surface area contributed by atoms with Crippen LogP contribution in [-0.2, 0) is 0 Å². The van der Waals surface area contributed by atoms with Crippen molar-refractivity contribution in [1.29, 1.82) is 0 Å². The Labute approximate surface area is 95.8 Å². The van der Waals surface area contributed by atoms with Gasteiger partial charge in [0.05, 0.1) is 5.92 Å². The summed E-state index contributed by atoms with van der Waals surface area (Å²) in [5, 5.41) is 3.26. The lowest BCUT2D eigenvalue weighted by Crippen LogP contribution is -2.39. The summed E-state index contributed by atoms with van der Waals surface area (Å²) in [6.07, 6.45) is -0.798. The fraction of sp³-hybridized carbons (Fsp3) is 1.00. The third kappa shape index (κ3) is 4.73. The Morgan fingerprint density at radius 2 is 1.94 bits per heavy atom. The van der Waals surface area contributed by atoms with E-state index in [9.17, 15) is 13.2 Å². The largest absolute Gasteiger partial charge is 0.391 e. The zero-order valence-corrected chi connectivity index (χ0v) is 10.1. The summed E-state index contributed by atoms with van der Waals surface area (Å²) in [4.78, 5) is 0. The maximum Gasteiger partial charge on any atom is 0.391 e. The van der Waals surface area contributed by atoms with Crippen molar-refractivity contribution in [3.63, 3.8) is 0 Å². The molecule has 2 atom stereocenters. The standard InChI is InChI=1S/C12H22F3N/c1-9(2)6-7-16-11-5-3-4-10(8-11)12(13,14)15/h9-11,16H,3-8H2,1-2H3. The van der Waals surface area contributed by atoms with Gasteiger partial charge in [-0.2, -0.15) is 13.2 Å². The van der Waals surface area contributed by atoms with Crippen LogP contribution in [0.15, 0.2) is 0 Å². The van der Waals surface area contributed by atoms with Crippen LogP contribution in [0.25, 0.3) is 0 Å². The highest BCUT2D eigenvalue weighted by atomic mass is 19.4. The summed E-state index contributed by atoms with van der Waals surface area (Å²) in [5.41, 5.74) is 0. The first kappa shape index (κ1) is 13.8. The van der Waals surface area contributed by atoms with Crippen molar-refractivity contribution in [3.05, 3.63) is 0 Å². The van der Waals surface area contributed by atoms with Gasteiger partial charge in [0.15, 0.2) is 0 Å². The Morgan fingerprint density at radius 1 is 1.25 bits per heavy atom. The van der Waals surface area contributed by atoms with Crippen LogP contribution in [0, 0.1) is 11.8 Å². The van der Waals surface area contributed by atoms with E-state index in [0.717, 1.165) is 19.4 Å². The van der Waals surface area contributed by atoms with E-state index < -0.39 is 12.1 Å². The number of alkyl halides is 3. The van der Waals surface area contributed by atoms with Gasteiger partial charge in [-0.3, -0.25) is 0 Å². The van der Waals surface area contributed by atoms with Crippen molar-refractivity contribution in [2.24, 2.45) is 11.8 Å². The van der Waals surface area contributed by atoms with E-state index in [4.69, 9.17) is 0 Å². The molecule has 0 amide bonds. The molecule has 1 N–H and O–H groups in total. The second kappa shape index (κ2) is 5.89. The average molecular weight is 237 g/mol. The summed E-state index contributed by atoms with van der Waals surface area (Å²) in [6, 6.07) is 0.0686. The molecule has 1 aliphatic carbocycles. The predicted molar refractivity (Wildman–Crippen MR) is 59.3 cm³/mol. The first-order chi connectivity index (χ1) is 7.39. The number of halogens is 3. The molecule has 0 aromatic carbocycles. The zero-order chi connectivity index (χ0) is 12.2. The lowest BCUT2D eigenvalue weighted by atomic mass is 9.85. The second-order valence-electron chi connectivity index (χ2n) is 5.24. The number of hydrogen-bond acceptors (Lipinski definition) is 1. The van der Waals surface area contributed by atoms with Gasteiger partial charge < -0.3 is 5.32 Å². The highest BCUT2D eigenvalue weighted by Crippen LogP contribution is 2.37. The predicted octanol–water partition coefficient (Wildman–Crippen LogP) is 3.74. The smallest absolute Gasteiger partial charge is 0.314 e. The molecule has 0 radical (unpaired) electrons. The lowest BCUT2D eigenvalue weighted by molar-refractivity contribution is -0.183. The zero-order valence-electron chi connectivity index (χ0n) is 10.1. The van der Waals surface area contributed by atoms with Crippen molar-refractivity contribution in [2.75, 3.05) is 6.54 Å². The first-order valence-corrected chi connectivity index (χ1v) is 6.19. The van der Waals surface area contributed by atoms with Crippen LogP contribution in [0.2, 0.25) is 0 Å². The molecular formula is C12H22F3N. The third-order valence-corrected chi connectivity index (χ3v) is 3.29. The van der Waals surface area contributed by atoms with Crippen molar-refractivity contribution >= 4 is 0 Å². The third-order valence-electron chi connectivity index (χ3n) is 3.29. The minimum atomic E-state index is -4.00. The van der Waals surface area contributed by atoms with Crippen molar-refractivity contribution < 1.29 is 13.2 Å². The first-order valence-electron chi connectivity index (χ1n) is 6.19. The molecule has 1 saturated carbocycles. The van der Waals surface area contributed by atoms with E-state index in [-0.39, 0.29) is 12.5 Å². The normalized spacial score (nSPS) is 27.4. The molecule has 0 aromatic heterocycles. The van der Waals surface area contributed by atoms with Crippen LogP contribution in [0.1, 0.15) is 46.0 Å². The average Bonchev–Trinajstić information content (AvgIpc) is 2.16. The van der Waals surface area contributed by atoms with Crippen LogP contribution >= 0.6 is 0 Å². The van der Waals surface area contributed by atoms with Gasteiger partial charge in [0, 0.05) is 6.04 Å². The molecule has 1 fully saturated rings. The topological polar surface area (TPSA) is 12.0 Å². The Hall–Kier alpha value is -0.250. The number of rotatable bonds is 4. The van der Waals surface area contributed by atoms with Gasteiger partial charge in [0.2, 0.25) is 0 Å². The molecule has 1 aliphatic rings. The summed E-state index contributed by atoms with van der Waals surface area (Å²) in [6.45, 7) is 5.09.